The van der Waals surface area contributed by atoms with E-state index in [1.54, 1.807) is 12.4 Å². The van der Waals surface area contributed by atoms with Gasteiger partial charge in [-0.1, -0.05) is 0 Å². The van der Waals surface area contributed by atoms with Crippen molar-refractivity contribution in [1.82, 2.24) is 28.7 Å². The number of nitrogens with zero attached hydrogens (tertiary/aromatic N) is 2. The Morgan fingerprint density at radius 3 is 1.74 bits per heavy atom. The Hall–Kier alpha value is -2.21. The molecule has 0 saturated heterocycles. The van der Waals surface area contributed by atoms with Crippen LogP contribution in [0.25, 0.3) is 0 Å². The Balaban J connectivity index is 1.84. The molecule has 0 saturated carbocycles. The first-order chi connectivity index (χ1) is 11.1. The Morgan fingerprint density at radius 2 is 1.43 bits per heavy atom. The molecule has 0 amide bonds. The molecule has 2 aromatic rings. The van der Waals surface area contributed by atoms with Crippen LogP contribution in [0.5, 0.6) is 0 Å². The number of hydrogen-bond acceptors (Lipinski definition) is 6. The van der Waals surface area contributed by atoms with Crippen molar-refractivity contribution < 1.29 is 34.9 Å². The Morgan fingerprint density at radius 1 is 1.00 bits per heavy atom. The number of carbonyl (C=O) groups is 2. The molecule has 0 fully saturated rings. The summed E-state index contributed by atoms with van der Waals surface area (Å²) in [5.41, 5.74) is 1.21. The molecule has 6 N–H and O–H groups in total. The number of imidazole rings is 2. The number of aliphatic carboxylic acids is 2. The van der Waals surface area contributed by atoms with Crippen LogP contribution < -0.4 is 8.73 Å². The van der Waals surface area contributed by atoms with Crippen molar-refractivity contribution in [3.63, 3.8) is 0 Å². The van der Waals surface area contributed by atoms with Crippen LogP contribution in [0.15, 0.2) is 25.0 Å². The van der Waals surface area contributed by atoms with Gasteiger partial charge in [0.1, 0.15) is 0 Å². The average molecular weight is 367 g/mol. The number of H-pyrrole nitrogens is 2. The maximum atomic E-state index is 11.2. The Kier molecular flexibility index (Phi) is 6.28. The fourth-order valence-electron chi connectivity index (χ4n) is 1.69. The molecule has 0 aromatic carbocycles. The summed E-state index contributed by atoms with van der Waals surface area (Å²) in [6.07, 6.45) is 6.52. The van der Waals surface area contributed by atoms with Crippen LogP contribution in [-0.4, -0.2) is 54.2 Å². The van der Waals surface area contributed by atoms with Crippen LogP contribution in [-0.2, 0) is 37.6 Å². The second-order valence-electron chi connectivity index (χ2n) is 4.59. The first-order valence-electron chi connectivity index (χ1n) is 6.56. The zero-order valence-electron chi connectivity index (χ0n) is 11.8. The van der Waals surface area contributed by atoms with Gasteiger partial charge in [-0.15, -0.1) is 0 Å². The van der Waals surface area contributed by atoms with E-state index in [0.29, 0.717) is 26.5 Å². The molecule has 0 bridgehead atoms. The summed E-state index contributed by atoms with van der Waals surface area (Å²) in [5, 5.41) is 18.4. The van der Waals surface area contributed by atoms with Gasteiger partial charge in [0.2, 0.25) is 0 Å². The first-order valence-corrected chi connectivity index (χ1v) is 7.60. The molecule has 10 nitrogen and oxygen atoms in total. The topological polar surface area (TPSA) is 156 Å². The fourth-order valence-corrected chi connectivity index (χ4v) is 2.61. The molecular formula is C12H16CoN6O4. The molecule has 0 spiro atoms. The van der Waals surface area contributed by atoms with E-state index >= 15 is 0 Å². The van der Waals surface area contributed by atoms with Gasteiger partial charge in [0.05, 0.1) is 0 Å². The Bertz CT molecular complexity index is 563. The second-order valence-corrected chi connectivity index (χ2v) is 5.45. The van der Waals surface area contributed by atoms with Gasteiger partial charge >= 0.3 is 137 Å². The molecule has 0 aliphatic carbocycles. The van der Waals surface area contributed by atoms with Crippen LogP contribution in [0.3, 0.4) is 0 Å². The molecule has 2 rings (SSSR count). The van der Waals surface area contributed by atoms with Crippen molar-refractivity contribution in [2.24, 2.45) is 0 Å². The van der Waals surface area contributed by atoms with E-state index in [1.165, 1.54) is 12.7 Å². The number of aromatic nitrogens is 4. The van der Waals surface area contributed by atoms with Crippen LogP contribution in [0.4, 0.5) is 0 Å². The second kappa shape index (κ2) is 8.43. The average Bonchev–Trinajstić information content (AvgIpc) is 3.18. The van der Waals surface area contributed by atoms with Crippen LogP contribution in [0.2, 0.25) is 0 Å². The van der Waals surface area contributed by atoms with E-state index in [-0.39, 0.29) is 12.8 Å². The quantitative estimate of drug-likeness (QED) is 0.310. The third kappa shape index (κ3) is 5.48. The minimum atomic E-state index is -1.04. The molecule has 2 aromatic heterocycles. The van der Waals surface area contributed by atoms with Crippen molar-refractivity contribution in [2.45, 2.75) is 24.9 Å². The SMILES string of the molecule is O=C(O)[C@H](Cc1c[nH]cn1)[NH][Co][NH][C@@H](Cc1c[nH]cn1)C(=O)O. The summed E-state index contributed by atoms with van der Waals surface area (Å²) in [5.74, 6) is -2.08. The number of aromatic amines is 2. The normalized spacial score (nSPS) is 13.7. The fraction of sp³-hybridized carbons (Fsp3) is 0.333. The van der Waals surface area contributed by atoms with Gasteiger partial charge in [0.15, 0.2) is 0 Å². The van der Waals surface area contributed by atoms with Crippen LogP contribution in [0, 0.1) is 0 Å². The monoisotopic (exact) mass is 367 g/mol. The molecule has 0 aliphatic heterocycles. The third-order valence-corrected chi connectivity index (χ3v) is 3.89. The summed E-state index contributed by atoms with van der Waals surface area (Å²) >= 11 is 0.331. The maximum absolute atomic E-state index is 11.2. The zero-order chi connectivity index (χ0) is 16.7. The van der Waals surface area contributed by atoms with Crippen molar-refractivity contribution in [3.8, 4) is 0 Å². The van der Waals surface area contributed by atoms with Gasteiger partial charge in [-0.05, 0) is 0 Å². The standard InChI is InChI=1S/2C6H8N3O2.Co/c2*7-5(6(10)11)1-4-2-8-3-9-4;/h2*2-3,5,7H,1H2,(H,8,9)(H,10,11);/q2*-1;+2/t2*5-;/m00./s1. The predicted octanol–water partition coefficient (Wildman–Crippen LogP) is -1.08. The molecule has 127 valence electrons. The van der Waals surface area contributed by atoms with E-state index in [4.69, 9.17) is 0 Å². The molecule has 23 heavy (non-hydrogen) atoms. The van der Waals surface area contributed by atoms with E-state index in [0.717, 1.165) is 0 Å². The minimum absolute atomic E-state index is 0.184. The van der Waals surface area contributed by atoms with Gasteiger partial charge in [-0.2, -0.15) is 0 Å². The van der Waals surface area contributed by atoms with E-state index in [9.17, 15) is 19.8 Å². The molecule has 0 unspecified atom stereocenters. The number of hydrogen-bond donors (Lipinski definition) is 6. The summed E-state index contributed by atoms with van der Waals surface area (Å²) in [6.45, 7) is 0. The molecule has 2 heterocycles. The predicted molar refractivity (Wildman–Crippen MR) is 73.7 cm³/mol. The van der Waals surface area contributed by atoms with Crippen LogP contribution >= 0.6 is 0 Å². The van der Waals surface area contributed by atoms with Crippen molar-refractivity contribution in [3.05, 3.63) is 36.4 Å². The molecule has 11 heteroatoms. The van der Waals surface area contributed by atoms with Crippen LogP contribution in [0.1, 0.15) is 11.4 Å². The number of nitrogens with one attached hydrogen (secondary N) is 4. The van der Waals surface area contributed by atoms with Crippen molar-refractivity contribution >= 4 is 11.9 Å². The van der Waals surface area contributed by atoms with E-state index in [1.807, 2.05) is 0 Å². The number of carboxylic acid groups (broad SMARTS) is 2. The van der Waals surface area contributed by atoms with Gasteiger partial charge in [-0.3, -0.25) is 0 Å². The first kappa shape index (κ1) is 17.1. The Labute approximate surface area is 137 Å². The molecular weight excluding hydrogens is 351 g/mol. The third-order valence-electron chi connectivity index (χ3n) is 2.86. The zero-order valence-corrected chi connectivity index (χ0v) is 12.9. The van der Waals surface area contributed by atoms with E-state index in [2.05, 4.69) is 28.7 Å². The summed E-state index contributed by atoms with van der Waals surface area (Å²) in [4.78, 5) is 35.9. The van der Waals surface area contributed by atoms with Gasteiger partial charge < -0.3 is 0 Å². The van der Waals surface area contributed by atoms with Gasteiger partial charge in [-0.25, -0.2) is 0 Å². The molecule has 0 radical (unpaired) electrons. The van der Waals surface area contributed by atoms with Gasteiger partial charge in [0, 0.05) is 0 Å². The van der Waals surface area contributed by atoms with E-state index < -0.39 is 24.0 Å². The van der Waals surface area contributed by atoms with Crippen molar-refractivity contribution in [1.29, 1.82) is 0 Å². The van der Waals surface area contributed by atoms with Gasteiger partial charge in [0.25, 0.3) is 0 Å². The molecule has 2 atom stereocenters. The molecule has 0 aliphatic rings. The summed E-state index contributed by atoms with van der Waals surface area (Å²) in [6, 6.07) is -1.77. The van der Waals surface area contributed by atoms with Crippen molar-refractivity contribution in [2.75, 3.05) is 0 Å². The summed E-state index contributed by atoms with van der Waals surface area (Å²) < 4.78 is 5.47. The number of carboxylic acids is 2. The summed E-state index contributed by atoms with van der Waals surface area (Å²) in [7, 11) is 0. The number of rotatable bonds is 10.